The number of nitrogens with one attached hydrogen (secondary N) is 1. The zero-order valence-corrected chi connectivity index (χ0v) is 19.3. The zero-order chi connectivity index (χ0) is 23.2. The zero-order valence-electron chi connectivity index (χ0n) is 19.3. The largest absolute Gasteiger partial charge is 0.444 e. The summed E-state index contributed by atoms with van der Waals surface area (Å²) in [4.78, 5) is 40.4. The van der Waals surface area contributed by atoms with E-state index in [0.717, 1.165) is 12.0 Å². The van der Waals surface area contributed by atoms with Gasteiger partial charge in [0.1, 0.15) is 11.8 Å². The molecule has 1 aromatic rings. The van der Waals surface area contributed by atoms with E-state index in [4.69, 9.17) is 4.74 Å². The van der Waals surface area contributed by atoms with Gasteiger partial charge in [-0.1, -0.05) is 19.1 Å². The molecule has 174 valence electrons. The van der Waals surface area contributed by atoms with Crippen molar-refractivity contribution in [3.63, 3.8) is 0 Å². The Hall–Kier alpha value is -2.61. The molecule has 3 heterocycles. The first-order valence-electron chi connectivity index (χ1n) is 11.4. The highest BCUT2D eigenvalue weighted by Gasteiger charge is 2.39. The lowest BCUT2D eigenvalue weighted by atomic mass is 9.81. The van der Waals surface area contributed by atoms with Gasteiger partial charge in [0.15, 0.2) is 0 Å². The van der Waals surface area contributed by atoms with Crippen molar-refractivity contribution < 1.29 is 24.2 Å². The van der Waals surface area contributed by atoms with Gasteiger partial charge < -0.3 is 25.0 Å². The van der Waals surface area contributed by atoms with Gasteiger partial charge >= 0.3 is 6.09 Å². The van der Waals surface area contributed by atoms with Gasteiger partial charge in [0.2, 0.25) is 5.91 Å². The average molecular weight is 444 g/mol. The Labute approximate surface area is 188 Å². The van der Waals surface area contributed by atoms with E-state index in [-0.39, 0.29) is 23.8 Å². The van der Waals surface area contributed by atoms with Gasteiger partial charge in [-0.3, -0.25) is 9.59 Å². The standard InChI is InChI=1S/C24H33N3O5/c1-14-12-26(23(31)32-24(2,3)4)10-9-17(14)15-5-6-18-16(11-15)13-27(22(18)30)19-7-8-20(28)25-21(19)29/h5-6,11,14,17,19,21,29H,7-10,12-13H2,1-4H3,(H,25,28). The summed E-state index contributed by atoms with van der Waals surface area (Å²) in [7, 11) is 0. The number of likely N-dealkylation sites (tertiary alicyclic amines) is 1. The maximum absolute atomic E-state index is 13.0. The molecule has 0 spiro atoms. The van der Waals surface area contributed by atoms with Crippen molar-refractivity contribution >= 4 is 17.9 Å². The number of nitrogens with zero attached hydrogens (tertiary/aromatic N) is 2. The number of hydrogen-bond acceptors (Lipinski definition) is 5. The SMILES string of the molecule is CC1CN(C(=O)OC(C)(C)C)CCC1c1ccc2c(c1)CN(C1CCC(=O)NC1O)C2=O. The normalized spacial score (nSPS) is 28.4. The smallest absolute Gasteiger partial charge is 0.410 e. The molecular formula is C24H33N3O5. The molecule has 2 saturated heterocycles. The van der Waals surface area contributed by atoms with E-state index in [0.29, 0.717) is 44.0 Å². The number of carbonyl (C=O) groups excluding carboxylic acids is 3. The van der Waals surface area contributed by atoms with E-state index < -0.39 is 17.9 Å². The second-order valence-corrected chi connectivity index (χ2v) is 10.3. The summed E-state index contributed by atoms with van der Waals surface area (Å²) in [5.74, 6) is 0.270. The molecule has 0 radical (unpaired) electrons. The molecule has 3 amide bonds. The molecule has 0 bridgehead atoms. The van der Waals surface area contributed by atoms with Crippen LogP contribution in [0.15, 0.2) is 18.2 Å². The van der Waals surface area contributed by atoms with Crippen LogP contribution in [0.25, 0.3) is 0 Å². The molecule has 1 aromatic carbocycles. The van der Waals surface area contributed by atoms with Crippen molar-refractivity contribution in [2.45, 2.75) is 77.3 Å². The molecule has 2 fully saturated rings. The van der Waals surface area contributed by atoms with Crippen molar-refractivity contribution in [3.05, 3.63) is 34.9 Å². The molecule has 32 heavy (non-hydrogen) atoms. The maximum Gasteiger partial charge on any atom is 0.410 e. The van der Waals surface area contributed by atoms with E-state index >= 15 is 0 Å². The van der Waals surface area contributed by atoms with Gasteiger partial charge in [0.25, 0.3) is 5.91 Å². The number of hydrogen-bond donors (Lipinski definition) is 2. The molecule has 2 N–H and O–H groups in total. The number of aliphatic hydroxyl groups excluding tert-OH is 1. The number of aliphatic hydroxyl groups is 1. The molecule has 0 aliphatic carbocycles. The fourth-order valence-corrected chi connectivity index (χ4v) is 5.09. The van der Waals surface area contributed by atoms with Crippen LogP contribution in [0.1, 0.15) is 74.4 Å². The lowest BCUT2D eigenvalue weighted by Gasteiger charge is -2.38. The van der Waals surface area contributed by atoms with Crippen LogP contribution in [0.5, 0.6) is 0 Å². The molecule has 3 aliphatic rings. The molecular weight excluding hydrogens is 410 g/mol. The Morgan fingerprint density at radius 3 is 2.62 bits per heavy atom. The van der Waals surface area contributed by atoms with Gasteiger partial charge in [-0.25, -0.2) is 4.79 Å². The summed E-state index contributed by atoms with van der Waals surface area (Å²) in [6.45, 7) is 9.47. The topological polar surface area (TPSA) is 99.2 Å². The first-order chi connectivity index (χ1) is 15.0. The van der Waals surface area contributed by atoms with Crippen LogP contribution >= 0.6 is 0 Å². The summed E-state index contributed by atoms with van der Waals surface area (Å²) in [5, 5.41) is 12.8. The number of carbonyl (C=O) groups is 3. The Morgan fingerprint density at radius 2 is 1.97 bits per heavy atom. The molecule has 4 rings (SSSR count). The lowest BCUT2D eigenvalue weighted by molar-refractivity contribution is -0.129. The fourth-order valence-electron chi connectivity index (χ4n) is 5.09. The van der Waals surface area contributed by atoms with Crippen LogP contribution in [0, 0.1) is 5.92 Å². The lowest BCUT2D eigenvalue weighted by Crippen LogP contribution is -2.55. The summed E-state index contributed by atoms with van der Waals surface area (Å²) in [6, 6.07) is 5.59. The number of benzene rings is 1. The van der Waals surface area contributed by atoms with Crippen LogP contribution < -0.4 is 5.32 Å². The van der Waals surface area contributed by atoms with Gasteiger partial charge in [0.05, 0.1) is 6.04 Å². The molecule has 0 saturated carbocycles. The molecule has 3 aliphatic heterocycles. The van der Waals surface area contributed by atoms with Crippen LogP contribution in [-0.2, 0) is 16.1 Å². The third-order valence-electron chi connectivity index (χ3n) is 6.69. The fraction of sp³-hybridized carbons (Fsp3) is 0.625. The minimum Gasteiger partial charge on any atom is -0.444 e. The number of rotatable bonds is 2. The maximum atomic E-state index is 13.0. The van der Waals surface area contributed by atoms with Crippen molar-refractivity contribution in [1.29, 1.82) is 0 Å². The van der Waals surface area contributed by atoms with E-state index in [1.807, 2.05) is 32.9 Å². The second kappa shape index (κ2) is 8.39. The van der Waals surface area contributed by atoms with Gasteiger partial charge in [-0.05, 0) is 62.6 Å². The van der Waals surface area contributed by atoms with E-state index in [1.54, 1.807) is 9.80 Å². The van der Waals surface area contributed by atoms with Crippen molar-refractivity contribution in [3.8, 4) is 0 Å². The van der Waals surface area contributed by atoms with Gasteiger partial charge in [-0.15, -0.1) is 0 Å². The predicted octanol–water partition coefficient (Wildman–Crippen LogP) is 2.60. The third-order valence-corrected chi connectivity index (χ3v) is 6.69. The first-order valence-corrected chi connectivity index (χ1v) is 11.4. The highest BCUT2D eigenvalue weighted by atomic mass is 16.6. The number of fused-ring (bicyclic) bond motifs is 1. The van der Waals surface area contributed by atoms with E-state index in [9.17, 15) is 19.5 Å². The molecule has 0 aromatic heterocycles. The molecule has 8 heteroatoms. The molecule has 8 nitrogen and oxygen atoms in total. The summed E-state index contributed by atoms with van der Waals surface area (Å²) in [6.07, 6.45) is 0.299. The second-order valence-electron chi connectivity index (χ2n) is 10.3. The summed E-state index contributed by atoms with van der Waals surface area (Å²) < 4.78 is 5.52. The Morgan fingerprint density at radius 1 is 1.22 bits per heavy atom. The Kier molecular flexibility index (Phi) is 5.92. The number of piperidine rings is 2. The van der Waals surface area contributed by atoms with Crippen molar-refractivity contribution in [2.75, 3.05) is 13.1 Å². The van der Waals surface area contributed by atoms with Gasteiger partial charge in [-0.2, -0.15) is 0 Å². The summed E-state index contributed by atoms with van der Waals surface area (Å²) >= 11 is 0. The van der Waals surface area contributed by atoms with Crippen molar-refractivity contribution in [1.82, 2.24) is 15.1 Å². The molecule has 4 atom stereocenters. The van der Waals surface area contributed by atoms with Crippen LogP contribution in [0.3, 0.4) is 0 Å². The van der Waals surface area contributed by atoms with E-state index in [1.165, 1.54) is 5.56 Å². The van der Waals surface area contributed by atoms with Crippen molar-refractivity contribution in [2.24, 2.45) is 5.92 Å². The number of ether oxygens (including phenoxy) is 1. The quantitative estimate of drug-likeness (QED) is 0.732. The summed E-state index contributed by atoms with van der Waals surface area (Å²) in [5.41, 5.74) is 2.28. The molecule has 4 unspecified atom stereocenters. The highest BCUT2D eigenvalue weighted by molar-refractivity contribution is 5.98. The average Bonchev–Trinajstić information content (AvgIpc) is 3.02. The third kappa shape index (κ3) is 4.46. The first kappa shape index (κ1) is 22.6. The van der Waals surface area contributed by atoms with Crippen LogP contribution in [-0.4, -0.2) is 63.8 Å². The Balaban J connectivity index is 1.44. The van der Waals surface area contributed by atoms with Crippen LogP contribution in [0.2, 0.25) is 0 Å². The predicted molar refractivity (Wildman–Crippen MR) is 118 cm³/mol. The minimum atomic E-state index is -1.04. The number of amides is 3. The van der Waals surface area contributed by atoms with Gasteiger partial charge in [0, 0.05) is 31.6 Å². The van der Waals surface area contributed by atoms with E-state index in [2.05, 4.69) is 18.3 Å². The Bertz CT molecular complexity index is 925. The minimum absolute atomic E-state index is 0.0976. The monoisotopic (exact) mass is 443 g/mol. The highest BCUT2D eigenvalue weighted by Crippen LogP contribution is 2.36. The van der Waals surface area contributed by atoms with Crippen LogP contribution in [0.4, 0.5) is 4.79 Å².